The minimum Gasteiger partial charge on any atom is -0.493 e. The first-order chi connectivity index (χ1) is 12.6. The first-order valence-electron chi connectivity index (χ1n) is 7.76. The average Bonchev–Trinajstić information content (AvgIpc) is 2.70. The van der Waals surface area contributed by atoms with E-state index in [1.165, 1.54) is 39.7 Å². The molecule has 1 N–H and O–H groups in total. The lowest BCUT2D eigenvalue weighted by molar-refractivity contribution is 0.0502. The molecule has 138 valence electrons. The van der Waals surface area contributed by atoms with Gasteiger partial charge in [-0.05, 0) is 24.3 Å². The van der Waals surface area contributed by atoms with Gasteiger partial charge in [0, 0.05) is 12.4 Å². The van der Waals surface area contributed by atoms with Crippen molar-refractivity contribution in [2.24, 2.45) is 0 Å². The van der Waals surface area contributed by atoms with Gasteiger partial charge in [-0.1, -0.05) is 0 Å². The molecule has 0 aliphatic carbocycles. The van der Waals surface area contributed by atoms with Gasteiger partial charge in [-0.25, -0.2) is 4.79 Å². The molecule has 8 nitrogen and oxygen atoms in total. The second-order valence-corrected chi connectivity index (χ2v) is 5.05. The van der Waals surface area contributed by atoms with Gasteiger partial charge in [0.2, 0.25) is 5.75 Å². The number of carbonyl (C=O) groups is 2. The van der Waals surface area contributed by atoms with Crippen molar-refractivity contribution >= 4 is 11.9 Å². The fraction of sp³-hybridized carbons (Fsp3) is 0.278. The molecular formula is C18H20N2O6. The van der Waals surface area contributed by atoms with Crippen molar-refractivity contribution in [3.8, 4) is 17.2 Å². The molecule has 26 heavy (non-hydrogen) atoms. The summed E-state index contributed by atoms with van der Waals surface area (Å²) < 4.78 is 20.8. The lowest BCUT2D eigenvalue weighted by Gasteiger charge is -2.14. The van der Waals surface area contributed by atoms with Crippen molar-refractivity contribution < 1.29 is 28.5 Å². The van der Waals surface area contributed by atoms with E-state index in [4.69, 9.17) is 18.9 Å². The number of pyridine rings is 1. The van der Waals surface area contributed by atoms with E-state index in [2.05, 4.69) is 10.3 Å². The van der Waals surface area contributed by atoms with Gasteiger partial charge in [0.25, 0.3) is 5.91 Å². The highest BCUT2D eigenvalue weighted by Crippen LogP contribution is 2.38. The Morgan fingerprint density at radius 2 is 1.73 bits per heavy atom. The normalized spacial score (nSPS) is 9.96. The first kappa shape index (κ1) is 19.0. The third-order valence-electron chi connectivity index (χ3n) is 3.44. The molecule has 0 saturated heterocycles. The van der Waals surface area contributed by atoms with Gasteiger partial charge in [-0.3, -0.25) is 9.78 Å². The molecule has 0 spiro atoms. The van der Waals surface area contributed by atoms with Gasteiger partial charge in [0.15, 0.2) is 11.5 Å². The highest BCUT2D eigenvalue weighted by molar-refractivity contribution is 5.94. The summed E-state index contributed by atoms with van der Waals surface area (Å²) in [6.07, 6.45) is 3.03. The van der Waals surface area contributed by atoms with Crippen molar-refractivity contribution in [1.29, 1.82) is 0 Å². The van der Waals surface area contributed by atoms with Gasteiger partial charge < -0.3 is 24.3 Å². The summed E-state index contributed by atoms with van der Waals surface area (Å²) in [5.74, 6) is 0.226. The molecule has 0 saturated carbocycles. The molecular weight excluding hydrogens is 340 g/mol. The maximum absolute atomic E-state index is 12.2. The molecule has 0 radical (unpaired) electrons. The summed E-state index contributed by atoms with van der Waals surface area (Å²) in [4.78, 5) is 27.9. The van der Waals surface area contributed by atoms with Crippen molar-refractivity contribution in [3.63, 3.8) is 0 Å². The predicted octanol–water partition coefficient (Wildman–Crippen LogP) is 1.69. The molecule has 1 aromatic heterocycles. The number of amides is 1. The number of carbonyl (C=O) groups excluding carboxylic acids is 2. The minimum absolute atomic E-state index is 0.0154. The van der Waals surface area contributed by atoms with E-state index >= 15 is 0 Å². The van der Waals surface area contributed by atoms with E-state index in [-0.39, 0.29) is 24.6 Å². The second kappa shape index (κ2) is 9.26. The van der Waals surface area contributed by atoms with E-state index < -0.39 is 5.97 Å². The molecule has 1 heterocycles. The Kier molecular flexibility index (Phi) is 6.78. The van der Waals surface area contributed by atoms with E-state index in [1.807, 2.05) is 0 Å². The van der Waals surface area contributed by atoms with Crippen LogP contribution in [0.5, 0.6) is 17.2 Å². The fourth-order valence-electron chi connectivity index (χ4n) is 2.19. The van der Waals surface area contributed by atoms with Crippen LogP contribution in [0.25, 0.3) is 0 Å². The third kappa shape index (κ3) is 4.62. The number of nitrogens with one attached hydrogen (secondary N) is 1. The fourth-order valence-corrected chi connectivity index (χ4v) is 2.19. The van der Waals surface area contributed by atoms with E-state index in [0.29, 0.717) is 22.8 Å². The summed E-state index contributed by atoms with van der Waals surface area (Å²) in [5.41, 5.74) is 0.682. The van der Waals surface area contributed by atoms with E-state index in [0.717, 1.165) is 0 Å². The Bertz CT molecular complexity index is 739. The highest BCUT2D eigenvalue weighted by atomic mass is 16.5. The largest absolute Gasteiger partial charge is 0.493 e. The third-order valence-corrected chi connectivity index (χ3v) is 3.44. The van der Waals surface area contributed by atoms with Crippen LogP contribution in [0.3, 0.4) is 0 Å². The highest BCUT2D eigenvalue weighted by Gasteiger charge is 2.17. The summed E-state index contributed by atoms with van der Waals surface area (Å²) in [7, 11) is 4.39. The first-order valence-corrected chi connectivity index (χ1v) is 7.76. The van der Waals surface area contributed by atoms with Gasteiger partial charge in [0.1, 0.15) is 6.61 Å². The maximum atomic E-state index is 12.2. The summed E-state index contributed by atoms with van der Waals surface area (Å²) in [5, 5.41) is 2.64. The Labute approximate surface area is 151 Å². The minimum atomic E-state index is -0.570. The van der Waals surface area contributed by atoms with Gasteiger partial charge in [-0.15, -0.1) is 0 Å². The van der Waals surface area contributed by atoms with Crippen LogP contribution < -0.4 is 19.5 Å². The standard InChI is InChI=1S/C18H20N2O6/c1-23-14-9-13(10-15(24-2)16(14)25-3)18(22)26-8-7-20-17(21)12-5-4-6-19-11-12/h4-6,9-11H,7-8H2,1-3H3,(H,20,21). The van der Waals surface area contributed by atoms with Crippen LogP contribution in [0.4, 0.5) is 0 Å². The molecule has 1 amide bonds. The molecule has 8 heteroatoms. The number of methoxy groups -OCH3 is 3. The van der Waals surface area contributed by atoms with Crippen LogP contribution in [-0.4, -0.2) is 51.3 Å². The maximum Gasteiger partial charge on any atom is 0.338 e. The zero-order valence-electron chi connectivity index (χ0n) is 14.8. The topological polar surface area (TPSA) is 96.0 Å². The number of hydrogen-bond donors (Lipinski definition) is 1. The molecule has 0 unspecified atom stereocenters. The number of benzene rings is 1. The van der Waals surface area contributed by atoms with Crippen molar-refractivity contribution in [2.75, 3.05) is 34.5 Å². The zero-order chi connectivity index (χ0) is 18.9. The van der Waals surface area contributed by atoms with Gasteiger partial charge >= 0.3 is 5.97 Å². The smallest absolute Gasteiger partial charge is 0.338 e. The van der Waals surface area contributed by atoms with Crippen LogP contribution in [0.2, 0.25) is 0 Å². The van der Waals surface area contributed by atoms with Crippen LogP contribution in [0, 0.1) is 0 Å². The van der Waals surface area contributed by atoms with Gasteiger partial charge in [-0.2, -0.15) is 0 Å². The second-order valence-electron chi connectivity index (χ2n) is 5.05. The Balaban J connectivity index is 1.92. The number of rotatable bonds is 8. The average molecular weight is 360 g/mol. The van der Waals surface area contributed by atoms with Crippen molar-refractivity contribution in [2.45, 2.75) is 0 Å². The number of ether oxygens (including phenoxy) is 4. The van der Waals surface area contributed by atoms with Gasteiger partial charge in [0.05, 0.1) is 39.0 Å². The number of aromatic nitrogens is 1. The number of hydrogen-bond acceptors (Lipinski definition) is 7. The Hall–Kier alpha value is -3.29. The zero-order valence-corrected chi connectivity index (χ0v) is 14.8. The molecule has 0 bridgehead atoms. The Morgan fingerprint density at radius 3 is 2.27 bits per heavy atom. The van der Waals surface area contributed by atoms with Crippen LogP contribution in [0.15, 0.2) is 36.7 Å². The monoisotopic (exact) mass is 360 g/mol. The molecule has 2 rings (SSSR count). The summed E-state index contributed by atoms with van der Waals surface area (Å²) >= 11 is 0. The molecule has 0 aliphatic rings. The lowest BCUT2D eigenvalue weighted by Crippen LogP contribution is -2.28. The lowest BCUT2D eigenvalue weighted by atomic mass is 10.2. The number of esters is 1. The SMILES string of the molecule is COc1cc(C(=O)OCCNC(=O)c2cccnc2)cc(OC)c1OC. The molecule has 0 fully saturated rings. The quantitative estimate of drug-likeness (QED) is 0.565. The van der Waals surface area contributed by atoms with Crippen LogP contribution in [0.1, 0.15) is 20.7 Å². The summed E-state index contributed by atoms with van der Waals surface area (Å²) in [6, 6.07) is 6.31. The molecule has 2 aromatic rings. The van der Waals surface area contributed by atoms with Crippen molar-refractivity contribution in [3.05, 3.63) is 47.8 Å². The Morgan fingerprint density at radius 1 is 1.04 bits per heavy atom. The molecule has 0 atom stereocenters. The predicted molar refractivity (Wildman–Crippen MR) is 93.0 cm³/mol. The number of nitrogens with zero attached hydrogens (tertiary/aromatic N) is 1. The summed E-state index contributed by atoms with van der Waals surface area (Å²) in [6.45, 7) is 0.186. The van der Waals surface area contributed by atoms with E-state index in [1.54, 1.807) is 18.3 Å². The van der Waals surface area contributed by atoms with Crippen LogP contribution in [-0.2, 0) is 4.74 Å². The molecule has 1 aromatic carbocycles. The molecule has 0 aliphatic heterocycles. The van der Waals surface area contributed by atoms with E-state index in [9.17, 15) is 9.59 Å². The van der Waals surface area contributed by atoms with Crippen molar-refractivity contribution in [1.82, 2.24) is 10.3 Å². The van der Waals surface area contributed by atoms with Crippen LogP contribution >= 0.6 is 0 Å².